The smallest absolute Gasteiger partial charge is 0.252 e. The van der Waals surface area contributed by atoms with Crippen molar-refractivity contribution in [1.29, 1.82) is 0 Å². The number of carbonyl (C=O) groups excluding carboxylic acids is 1. The molecule has 1 nitrogen and oxygen atoms in total. The maximum atomic E-state index is 11.0. The molecular formula is C12H11ClO. The van der Waals surface area contributed by atoms with Crippen molar-refractivity contribution in [2.45, 2.75) is 19.3 Å². The second-order valence-electron chi connectivity index (χ2n) is 3.48. The Morgan fingerprint density at radius 1 is 1.36 bits per heavy atom. The summed E-state index contributed by atoms with van der Waals surface area (Å²) < 4.78 is 0. The van der Waals surface area contributed by atoms with E-state index >= 15 is 0 Å². The minimum Gasteiger partial charge on any atom is -0.276 e. The van der Waals surface area contributed by atoms with Crippen LogP contribution in [-0.2, 0) is 6.42 Å². The third-order valence-corrected chi connectivity index (χ3v) is 2.70. The second-order valence-corrected chi connectivity index (χ2v) is 3.83. The Hall–Kier alpha value is -1.08. The predicted molar refractivity (Wildman–Crippen MR) is 58.6 cm³/mol. The number of rotatable bonds is 1. The second kappa shape index (κ2) is 3.97. The largest absolute Gasteiger partial charge is 0.276 e. The zero-order valence-electron chi connectivity index (χ0n) is 7.79. The fourth-order valence-corrected chi connectivity index (χ4v) is 1.85. The molecule has 1 aromatic carbocycles. The summed E-state index contributed by atoms with van der Waals surface area (Å²) in [5.41, 5.74) is 3.04. The van der Waals surface area contributed by atoms with Crippen LogP contribution in [0.5, 0.6) is 0 Å². The molecule has 0 heterocycles. The first-order chi connectivity index (χ1) is 6.77. The highest BCUT2D eigenvalue weighted by Crippen LogP contribution is 2.20. The van der Waals surface area contributed by atoms with Gasteiger partial charge in [-0.05, 0) is 54.1 Å². The molecular weight excluding hydrogens is 196 g/mol. The molecule has 0 fully saturated rings. The van der Waals surface area contributed by atoms with Gasteiger partial charge in [0.25, 0.3) is 5.24 Å². The molecule has 0 bridgehead atoms. The molecule has 2 rings (SSSR count). The van der Waals surface area contributed by atoms with Gasteiger partial charge < -0.3 is 0 Å². The molecule has 0 atom stereocenters. The zero-order chi connectivity index (χ0) is 9.97. The molecule has 1 aliphatic carbocycles. The van der Waals surface area contributed by atoms with Gasteiger partial charge in [0.05, 0.1) is 0 Å². The van der Waals surface area contributed by atoms with Gasteiger partial charge >= 0.3 is 0 Å². The van der Waals surface area contributed by atoms with E-state index in [2.05, 4.69) is 12.2 Å². The van der Waals surface area contributed by atoms with Crippen molar-refractivity contribution >= 4 is 22.9 Å². The lowest BCUT2D eigenvalue weighted by atomic mass is 10.0. The monoisotopic (exact) mass is 206 g/mol. The van der Waals surface area contributed by atoms with E-state index in [1.165, 1.54) is 11.1 Å². The summed E-state index contributed by atoms with van der Waals surface area (Å²) in [5, 5.41) is -0.374. The molecule has 0 N–H and O–H groups in total. The molecule has 0 aromatic heterocycles. The van der Waals surface area contributed by atoms with E-state index in [0.29, 0.717) is 5.56 Å². The number of hydrogen-bond donors (Lipinski definition) is 0. The number of aryl methyl sites for hydroxylation is 1. The van der Waals surface area contributed by atoms with E-state index in [9.17, 15) is 4.79 Å². The lowest BCUT2D eigenvalue weighted by molar-refractivity contribution is 0.108. The van der Waals surface area contributed by atoms with E-state index in [-0.39, 0.29) is 5.24 Å². The highest BCUT2D eigenvalue weighted by Gasteiger charge is 2.07. The number of carbonyl (C=O) groups is 1. The molecule has 1 aliphatic rings. The highest BCUT2D eigenvalue weighted by molar-refractivity contribution is 6.67. The minimum atomic E-state index is -0.374. The Balaban J connectivity index is 2.44. The summed E-state index contributed by atoms with van der Waals surface area (Å²) in [5.74, 6) is 0. The van der Waals surface area contributed by atoms with Crippen LogP contribution < -0.4 is 0 Å². The maximum absolute atomic E-state index is 11.0. The average molecular weight is 207 g/mol. The van der Waals surface area contributed by atoms with Gasteiger partial charge in [-0.25, -0.2) is 0 Å². The molecule has 0 amide bonds. The Labute approximate surface area is 88.4 Å². The van der Waals surface area contributed by atoms with Crippen LogP contribution in [0, 0.1) is 0 Å². The Morgan fingerprint density at radius 2 is 2.21 bits per heavy atom. The van der Waals surface area contributed by atoms with Crippen molar-refractivity contribution in [2.75, 3.05) is 0 Å². The van der Waals surface area contributed by atoms with Crippen LogP contribution >= 0.6 is 11.6 Å². The van der Waals surface area contributed by atoms with Gasteiger partial charge in [-0.15, -0.1) is 0 Å². The van der Waals surface area contributed by atoms with Crippen LogP contribution in [0.2, 0.25) is 0 Å². The van der Waals surface area contributed by atoms with Crippen molar-refractivity contribution < 1.29 is 4.79 Å². The third-order valence-electron chi connectivity index (χ3n) is 2.48. The van der Waals surface area contributed by atoms with Gasteiger partial charge in [-0.3, -0.25) is 4.79 Å². The Kier molecular flexibility index (Phi) is 2.69. The van der Waals surface area contributed by atoms with E-state index in [1.54, 1.807) is 6.07 Å². The van der Waals surface area contributed by atoms with Crippen LogP contribution in [0.15, 0.2) is 24.3 Å². The number of hydrogen-bond acceptors (Lipinski definition) is 1. The number of halogens is 1. The quantitative estimate of drug-likeness (QED) is 0.644. The van der Waals surface area contributed by atoms with E-state index in [1.807, 2.05) is 12.1 Å². The molecule has 0 saturated carbocycles. The standard InChI is InChI=1S/C12H11ClO/c13-12(14)11-7-6-9-4-2-1-3-5-10(9)8-11/h2,4,6-8H,1,3,5H2. The molecule has 0 radical (unpaired) electrons. The molecule has 0 unspecified atom stereocenters. The first-order valence-electron chi connectivity index (χ1n) is 4.76. The number of allylic oxidation sites excluding steroid dienone is 1. The van der Waals surface area contributed by atoms with Gasteiger partial charge in [-0.1, -0.05) is 18.2 Å². The van der Waals surface area contributed by atoms with Crippen molar-refractivity contribution in [3.8, 4) is 0 Å². The van der Waals surface area contributed by atoms with Gasteiger partial charge in [0.15, 0.2) is 0 Å². The minimum absolute atomic E-state index is 0.374. The normalized spacial score (nSPS) is 14.6. The maximum Gasteiger partial charge on any atom is 0.252 e. The summed E-state index contributed by atoms with van der Waals surface area (Å²) in [6, 6.07) is 5.65. The van der Waals surface area contributed by atoms with Crippen LogP contribution in [0.3, 0.4) is 0 Å². The van der Waals surface area contributed by atoms with Crippen molar-refractivity contribution in [3.63, 3.8) is 0 Å². The van der Waals surface area contributed by atoms with Crippen molar-refractivity contribution in [2.24, 2.45) is 0 Å². The van der Waals surface area contributed by atoms with Crippen LogP contribution in [0.1, 0.15) is 34.3 Å². The van der Waals surface area contributed by atoms with E-state index in [0.717, 1.165) is 19.3 Å². The Morgan fingerprint density at radius 3 is 3.00 bits per heavy atom. The molecule has 2 heteroatoms. The highest BCUT2D eigenvalue weighted by atomic mass is 35.5. The predicted octanol–water partition coefficient (Wildman–Crippen LogP) is 3.42. The molecule has 14 heavy (non-hydrogen) atoms. The van der Waals surface area contributed by atoms with Gasteiger partial charge in [0, 0.05) is 5.56 Å². The summed E-state index contributed by atoms with van der Waals surface area (Å²) in [6.45, 7) is 0. The zero-order valence-corrected chi connectivity index (χ0v) is 8.55. The molecule has 0 spiro atoms. The fraction of sp³-hybridized carbons (Fsp3) is 0.250. The SMILES string of the molecule is O=C(Cl)c1ccc2c(c1)CCCC=C2. The van der Waals surface area contributed by atoms with E-state index < -0.39 is 0 Å². The Bertz CT molecular complexity index is 393. The van der Waals surface area contributed by atoms with Crippen LogP contribution in [-0.4, -0.2) is 5.24 Å². The lowest BCUT2D eigenvalue weighted by Gasteiger charge is -2.04. The first kappa shape index (κ1) is 9.47. The number of fused-ring (bicyclic) bond motifs is 1. The third kappa shape index (κ3) is 1.88. The molecule has 0 saturated heterocycles. The molecule has 72 valence electrons. The van der Waals surface area contributed by atoms with E-state index in [4.69, 9.17) is 11.6 Å². The summed E-state index contributed by atoms with van der Waals surface area (Å²) >= 11 is 5.43. The molecule has 0 aliphatic heterocycles. The van der Waals surface area contributed by atoms with Gasteiger partial charge in [0.1, 0.15) is 0 Å². The summed E-state index contributed by atoms with van der Waals surface area (Å²) in [7, 11) is 0. The summed E-state index contributed by atoms with van der Waals surface area (Å²) in [6.07, 6.45) is 7.57. The first-order valence-corrected chi connectivity index (χ1v) is 5.14. The van der Waals surface area contributed by atoms with Crippen LogP contribution in [0.25, 0.3) is 6.08 Å². The summed E-state index contributed by atoms with van der Waals surface area (Å²) in [4.78, 5) is 11.0. The fourth-order valence-electron chi connectivity index (χ4n) is 1.73. The van der Waals surface area contributed by atoms with Gasteiger partial charge in [0.2, 0.25) is 0 Å². The van der Waals surface area contributed by atoms with Crippen molar-refractivity contribution in [1.82, 2.24) is 0 Å². The topological polar surface area (TPSA) is 17.1 Å². The lowest BCUT2D eigenvalue weighted by Crippen LogP contribution is -1.94. The number of benzene rings is 1. The molecule has 1 aromatic rings. The van der Waals surface area contributed by atoms with Gasteiger partial charge in [-0.2, -0.15) is 0 Å². The van der Waals surface area contributed by atoms with Crippen molar-refractivity contribution in [3.05, 3.63) is 41.0 Å². The van der Waals surface area contributed by atoms with Crippen LogP contribution in [0.4, 0.5) is 0 Å². The average Bonchev–Trinajstić information content (AvgIpc) is 2.41.